The fraction of sp³-hybridized carbons (Fsp3) is 0.538. The molecule has 1 N–H and O–H groups in total. The number of methoxy groups -OCH3 is 1. The fourth-order valence-electron chi connectivity index (χ4n) is 1.76. The average Bonchev–Trinajstić information content (AvgIpc) is 2.28. The van der Waals surface area contributed by atoms with Gasteiger partial charge in [-0.15, -0.1) is 0 Å². The van der Waals surface area contributed by atoms with E-state index in [-0.39, 0.29) is 12.0 Å². The first-order valence-corrected chi connectivity index (χ1v) is 5.81. The Bertz CT molecular complexity index is 372. The molecule has 0 saturated heterocycles. The second kappa shape index (κ2) is 5.07. The Morgan fingerprint density at radius 2 is 2.00 bits per heavy atom. The summed E-state index contributed by atoms with van der Waals surface area (Å²) in [5.41, 5.74) is 1.98. The van der Waals surface area contributed by atoms with E-state index in [9.17, 15) is 5.11 Å². The van der Waals surface area contributed by atoms with E-state index in [1.165, 1.54) is 5.56 Å². The molecule has 0 aliphatic carbocycles. The Balaban J connectivity index is 3.34. The molecular weight excluding hydrogens is 224 g/mol. The molecule has 0 fully saturated rings. The van der Waals surface area contributed by atoms with Gasteiger partial charge in [0.1, 0.15) is 5.75 Å². The smallest absolute Gasteiger partial charge is 0.137 e. The Morgan fingerprint density at radius 1 is 1.38 bits per heavy atom. The van der Waals surface area contributed by atoms with Crippen LogP contribution < -0.4 is 4.74 Å². The van der Waals surface area contributed by atoms with Gasteiger partial charge in [-0.2, -0.15) is 0 Å². The molecule has 0 bridgehead atoms. The van der Waals surface area contributed by atoms with Crippen molar-refractivity contribution >= 4 is 11.6 Å². The Labute approximate surface area is 102 Å². The summed E-state index contributed by atoms with van der Waals surface area (Å²) >= 11 is 6.11. The first-order valence-electron chi connectivity index (χ1n) is 5.44. The van der Waals surface area contributed by atoms with Crippen molar-refractivity contribution in [2.45, 2.75) is 32.6 Å². The molecule has 0 atom stereocenters. The summed E-state index contributed by atoms with van der Waals surface area (Å²) in [5, 5.41) is 10.0. The molecule has 3 heteroatoms. The molecule has 1 rings (SSSR count). The van der Waals surface area contributed by atoms with Gasteiger partial charge in [0.15, 0.2) is 0 Å². The van der Waals surface area contributed by atoms with Gasteiger partial charge in [-0.3, -0.25) is 0 Å². The van der Waals surface area contributed by atoms with Crippen LogP contribution in [0.15, 0.2) is 12.1 Å². The Hall–Kier alpha value is -0.730. The van der Waals surface area contributed by atoms with Crippen molar-refractivity contribution in [3.8, 4) is 5.75 Å². The molecule has 0 heterocycles. The molecule has 0 saturated carbocycles. The van der Waals surface area contributed by atoms with Crippen molar-refractivity contribution in [2.24, 2.45) is 0 Å². The number of aliphatic hydroxyl groups excluding tert-OH is 1. The summed E-state index contributed by atoms with van der Waals surface area (Å²) in [6.07, 6.45) is 0.895. The fourth-order valence-corrected chi connectivity index (χ4v) is 2.00. The zero-order chi connectivity index (χ0) is 12.3. The third kappa shape index (κ3) is 2.50. The number of rotatable bonds is 4. The van der Waals surface area contributed by atoms with E-state index in [2.05, 4.69) is 6.92 Å². The first-order chi connectivity index (χ1) is 7.46. The number of aliphatic hydroxyl groups is 1. The van der Waals surface area contributed by atoms with Crippen molar-refractivity contribution < 1.29 is 9.84 Å². The van der Waals surface area contributed by atoms with Crippen molar-refractivity contribution in [1.82, 2.24) is 0 Å². The lowest BCUT2D eigenvalue weighted by atomic mass is 9.82. The third-order valence-corrected chi connectivity index (χ3v) is 3.18. The van der Waals surface area contributed by atoms with Crippen molar-refractivity contribution in [2.75, 3.05) is 13.7 Å². The number of ether oxygens (including phenoxy) is 1. The Morgan fingerprint density at radius 3 is 2.44 bits per heavy atom. The average molecular weight is 243 g/mol. The molecule has 16 heavy (non-hydrogen) atoms. The van der Waals surface area contributed by atoms with Crippen molar-refractivity contribution in [3.63, 3.8) is 0 Å². The van der Waals surface area contributed by atoms with Gasteiger partial charge >= 0.3 is 0 Å². The highest BCUT2D eigenvalue weighted by molar-refractivity contribution is 6.32. The molecule has 1 aromatic carbocycles. The third-order valence-electron chi connectivity index (χ3n) is 2.88. The number of hydrogen-bond acceptors (Lipinski definition) is 2. The lowest BCUT2D eigenvalue weighted by Gasteiger charge is -2.26. The maximum atomic E-state index is 9.41. The van der Waals surface area contributed by atoms with Crippen LogP contribution in [0.25, 0.3) is 0 Å². The lowest BCUT2D eigenvalue weighted by Crippen LogP contribution is -2.23. The van der Waals surface area contributed by atoms with Crippen LogP contribution in [0.1, 0.15) is 31.9 Å². The van der Waals surface area contributed by atoms with Crippen molar-refractivity contribution in [1.29, 1.82) is 0 Å². The van der Waals surface area contributed by atoms with Crippen molar-refractivity contribution in [3.05, 3.63) is 28.3 Å². The monoisotopic (exact) mass is 242 g/mol. The summed E-state index contributed by atoms with van der Waals surface area (Å²) in [7, 11) is 1.61. The topological polar surface area (TPSA) is 29.5 Å². The molecule has 2 nitrogen and oxygen atoms in total. The van der Waals surface area contributed by atoms with Crippen LogP contribution >= 0.6 is 11.6 Å². The number of halogens is 1. The Kier molecular flexibility index (Phi) is 4.22. The number of benzene rings is 1. The van der Waals surface area contributed by atoms with Crippen LogP contribution in [0.2, 0.25) is 5.02 Å². The SMILES string of the molecule is CCc1cc(OC)c(Cl)cc1C(C)(C)CO. The van der Waals surface area contributed by atoms with Gasteiger partial charge in [0, 0.05) is 5.41 Å². The second-order valence-electron chi connectivity index (χ2n) is 4.54. The molecule has 90 valence electrons. The van der Waals surface area contributed by atoms with E-state index in [1.54, 1.807) is 7.11 Å². The van der Waals surface area contributed by atoms with Gasteiger partial charge < -0.3 is 9.84 Å². The summed E-state index contributed by atoms with van der Waals surface area (Å²) in [6, 6.07) is 3.85. The maximum Gasteiger partial charge on any atom is 0.137 e. The van der Waals surface area contributed by atoms with Crippen LogP contribution in [0, 0.1) is 0 Å². The summed E-state index contributed by atoms with van der Waals surface area (Å²) < 4.78 is 5.19. The minimum atomic E-state index is -0.277. The molecule has 0 spiro atoms. The zero-order valence-electron chi connectivity index (χ0n) is 10.3. The predicted octanol–water partition coefficient (Wildman–Crippen LogP) is 3.18. The second-order valence-corrected chi connectivity index (χ2v) is 4.95. The molecule has 0 radical (unpaired) electrons. The highest BCUT2D eigenvalue weighted by Crippen LogP contribution is 2.34. The quantitative estimate of drug-likeness (QED) is 0.879. The minimum absolute atomic E-state index is 0.0999. The maximum absolute atomic E-state index is 9.41. The van der Waals surface area contributed by atoms with Crippen LogP contribution in [-0.4, -0.2) is 18.8 Å². The van der Waals surface area contributed by atoms with E-state index < -0.39 is 0 Å². The van der Waals surface area contributed by atoms with Gasteiger partial charge in [0.05, 0.1) is 18.7 Å². The summed E-state index contributed by atoms with van der Waals surface area (Å²) in [5.74, 6) is 0.691. The summed E-state index contributed by atoms with van der Waals surface area (Å²) in [4.78, 5) is 0. The largest absolute Gasteiger partial charge is 0.495 e. The van der Waals surface area contributed by atoms with E-state index in [0.29, 0.717) is 10.8 Å². The normalized spacial score (nSPS) is 11.6. The summed E-state index contributed by atoms with van der Waals surface area (Å²) in [6.45, 7) is 6.19. The first kappa shape index (κ1) is 13.3. The van der Waals surface area contributed by atoms with E-state index in [4.69, 9.17) is 16.3 Å². The zero-order valence-corrected chi connectivity index (χ0v) is 11.1. The molecule has 0 aliphatic rings. The highest BCUT2D eigenvalue weighted by Gasteiger charge is 2.23. The van der Waals surface area contributed by atoms with E-state index in [1.807, 2.05) is 26.0 Å². The van der Waals surface area contributed by atoms with Crippen LogP contribution in [0.3, 0.4) is 0 Å². The standard InChI is InChI=1S/C13H19ClO2/c1-5-9-6-12(16-4)11(14)7-10(9)13(2,3)8-15/h6-7,15H,5,8H2,1-4H3. The van der Waals surface area contributed by atoms with Crippen LogP contribution in [0.4, 0.5) is 0 Å². The lowest BCUT2D eigenvalue weighted by molar-refractivity contribution is 0.217. The molecular formula is C13H19ClO2. The molecule has 0 unspecified atom stereocenters. The van der Waals surface area contributed by atoms with Crippen LogP contribution in [-0.2, 0) is 11.8 Å². The van der Waals surface area contributed by atoms with E-state index >= 15 is 0 Å². The van der Waals surface area contributed by atoms with Gasteiger partial charge in [0.2, 0.25) is 0 Å². The minimum Gasteiger partial charge on any atom is -0.495 e. The van der Waals surface area contributed by atoms with Gasteiger partial charge in [-0.1, -0.05) is 32.4 Å². The molecule has 0 aromatic heterocycles. The van der Waals surface area contributed by atoms with Crippen LogP contribution in [0.5, 0.6) is 5.75 Å². The van der Waals surface area contributed by atoms with E-state index in [0.717, 1.165) is 12.0 Å². The molecule has 1 aromatic rings. The number of aryl methyl sites for hydroxylation is 1. The molecule has 0 aliphatic heterocycles. The predicted molar refractivity (Wildman–Crippen MR) is 67.5 cm³/mol. The number of hydrogen-bond donors (Lipinski definition) is 1. The van der Waals surface area contributed by atoms with Gasteiger partial charge in [-0.05, 0) is 29.7 Å². The van der Waals surface area contributed by atoms with Gasteiger partial charge in [0.25, 0.3) is 0 Å². The highest BCUT2D eigenvalue weighted by atomic mass is 35.5. The van der Waals surface area contributed by atoms with Gasteiger partial charge in [-0.25, -0.2) is 0 Å². The molecule has 0 amide bonds.